The third-order valence-electron chi connectivity index (χ3n) is 4.19. The lowest BCUT2D eigenvalue weighted by Gasteiger charge is -2.17. The third kappa shape index (κ3) is 4.47. The molecule has 0 bridgehead atoms. The molecule has 0 aliphatic heterocycles. The van der Waals surface area contributed by atoms with E-state index in [1.807, 2.05) is 6.07 Å². The second-order valence-electron chi connectivity index (χ2n) is 6.07. The van der Waals surface area contributed by atoms with Crippen molar-refractivity contribution in [1.29, 1.82) is 0 Å². The quantitative estimate of drug-likeness (QED) is 0.600. The minimum absolute atomic E-state index is 0. The van der Waals surface area contributed by atoms with Gasteiger partial charge in [0, 0.05) is 12.6 Å². The van der Waals surface area contributed by atoms with Crippen molar-refractivity contribution in [3.8, 4) is 0 Å². The normalized spacial score (nSPS) is 12.7. The molecule has 0 aromatic heterocycles. The van der Waals surface area contributed by atoms with Gasteiger partial charge in [-0.2, -0.15) is 0 Å². The molecule has 0 fully saturated rings. The van der Waals surface area contributed by atoms with Crippen LogP contribution in [0.15, 0.2) is 78.4 Å². The maximum atomic E-state index is 3.64. The van der Waals surface area contributed by atoms with Crippen molar-refractivity contribution in [3.63, 3.8) is 0 Å². The molecule has 1 unspecified atom stereocenters. The number of hydrogen-bond acceptors (Lipinski definition) is 1. The Balaban J connectivity index is 0.00000208. The second kappa shape index (κ2) is 8.68. The van der Waals surface area contributed by atoms with Gasteiger partial charge in [-0.15, -0.1) is 12.4 Å². The molecule has 0 amide bonds. The lowest BCUT2D eigenvalue weighted by atomic mass is 9.99. The Morgan fingerprint density at radius 3 is 2.38 bits per heavy atom. The van der Waals surface area contributed by atoms with Gasteiger partial charge in [-0.25, -0.2) is 0 Å². The van der Waals surface area contributed by atoms with Gasteiger partial charge in [-0.1, -0.05) is 84.4 Å². The summed E-state index contributed by atoms with van der Waals surface area (Å²) in [5.74, 6) is 0. The van der Waals surface area contributed by atoms with Gasteiger partial charge >= 0.3 is 0 Å². The maximum Gasteiger partial charge on any atom is 0.0300 e. The Bertz CT molecular complexity index is 803. The standard InChI is InChI=1S/C22H23N.ClH/c1-17(15-19-9-4-3-5-10-19)16-23-18(2)21-14-8-12-20-11-6-7-13-22(20)21;/h3-15,18,23H,16H2,1-2H3;1H/b17-15+;. The van der Waals surface area contributed by atoms with E-state index in [0.29, 0.717) is 6.04 Å². The zero-order chi connectivity index (χ0) is 16.1. The number of hydrogen-bond donors (Lipinski definition) is 1. The van der Waals surface area contributed by atoms with Gasteiger partial charge in [0.1, 0.15) is 0 Å². The van der Waals surface area contributed by atoms with Gasteiger partial charge in [-0.3, -0.25) is 0 Å². The van der Waals surface area contributed by atoms with Gasteiger partial charge in [0.15, 0.2) is 0 Å². The molecule has 1 nitrogen and oxygen atoms in total. The molecule has 2 heteroatoms. The highest BCUT2D eigenvalue weighted by Gasteiger charge is 2.08. The molecule has 0 saturated heterocycles. The molecule has 0 spiro atoms. The van der Waals surface area contributed by atoms with Crippen LogP contribution >= 0.6 is 12.4 Å². The van der Waals surface area contributed by atoms with Crippen molar-refractivity contribution in [2.24, 2.45) is 0 Å². The predicted molar refractivity (Wildman–Crippen MR) is 108 cm³/mol. The summed E-state index contributed by atoms with van der Waals surface area (Å²) in [6.07, 6.45) is 2.24. The molecule has 0 saturated carbocycles. The smallest absolute Gasteiger partial charge is 0.0300 e. The minimum atomic E-state index is 0. The molecular weight excluding hydrogens is 314 g/mol. The zero-order valence-corrected chi connectivity index (χ0v) is 15.0. The summed E-state index contributed by atoms with van der Waals surface area (Å²) in [7, 11) is 0. The first-order chi connectivity index (χ1) is 11.2. The lowest BCUT2D eigenvalue weighted by molar-refractivity contribution is 0.612. The van der Waals surface area contributed by atoms with Gasteiger partial charge in [0.05, 0.1) is 0 Å². The molecule has 124 valence electrons. The fourth-order valence-electron chi connectivity index (χ4n) is 2.94. The van der Waals surface area contributed by atoms with Crippen LogP contribution in [0.25, 0.3) is 16.8 Å². The van der Waals surface area contributed by atoms with E-state index in [-0.39, 0.29) is 12.4 Å². The monoisotopic (exact) mass is 337 g/mol. The van der Waals surface area contributed by atoms with Crippen molar-refractivity contribution in [1.82, 2.24) is 5.32 Å². The second-order valence-corrected chi connectivity index (χ2v) is 6.07. The van der Waals surface area contributed by atoms with Crippen LogP contribution in [0, 0.1) is 0 Å². The molecule has 0 radical (unpaired) electrons. The van der Waals surface area contributed by atoms with E-state index < -0.39 is 0 Å². The van der Waals surface area contributed by atoms with E-state index >= 15 is 0 Å². The minimum Gasteiger partial charge on any atom is -0.306 e. The van der Waals surface area contributed by atoms with Crippen LogP contribution < -0.4 is 5.32 Å². The van der Waals surface area contributed by atoms with Gasteiger partial charge in [0.25, 0.3) is 0 Å². The predicted octanol–water partition coefficient (Wildman–Crippen LogP) is 6.02. The molecule has 24 heavy (non-hydrogen) atoms. The van der Waals surface area contributed by atoms with Gasteiger partial charge in [-0.05, 0) is 35.7 Å². The largest absolute Gasteiger partial charge is 0.306 e. The van der Waals surface area contributed by atoms with E-state index in [2.05, 4.69) is 92.0 Å². The number of halogens is 1. The van der Waals surface area contributed by atoms with Crippen LogP contribution in [0.2, 0.25) is 0 Å². The van der Waals surface area contributed by atoms with Gasteiger partial charge < -0.3 is 5.32 Å². The Hall–Kier alpha value is -2.09. The molecule has 1 atom stereocenters. The summed E-state index contributed by atoms with van der Waals surface area (Å²) in [5, 5.41) is 6.28. The van der Waals surface area contributed by atoms with Crippen molar-refractivity contribution >= 4 is 29.3 Å². The average molecular weight is 338 g/mol. The highest BCUT2D eigenvalue weighted by atomic mass is 35.5. The Kier molecular flexibility index (Phi) is 6.60. The molecule has 0 aliphatic carbocycles. The van der Waals surface area contributed by atoms with Crippen LogP contribution in [-0.2, 0) is 0 Å². The summed E-state index contributed by atoms with van der Waals surface area (Å²) in [4.78, 5) is 0. The van der Waals surface area contributed by atoms with Crippen molar-refractivity contribution < 1.29 is 0 Å². The average Bonchev–Trinajstić information content (AvgIpc) is 2.60. The summed E-state index contributed by atoms with van der Waals surface area (Å²) >= 11 is 0. The number of fused-ring (bicyclic) bond motifs is 1. The van der Waals surface area contributed by atoms with Crippen LogP contribution in [0.1, 0.15) is 31.0 Å². The molecule has 3 aromatic carbocycles. The van der Waals surface area contributed by atoms with Crippen molar-refractivity contribution in [2.75, 3.05) is 6.54 Å². The zero-order valence-electron chi connectivity index (χ0n) is 14.2. The molecule has 3 aromatic rings. The Labute approximate surface area is 150 Å². The van der Waals surface area contributed by atoms with Crippen molar-refractivity contribution in [3.05, 3.63) is 89.5 Å². The first kappa shape index (κ1) is 18.3. The lowest BCUT2D eigenvalue weighted by Crippen LogP contribution is -2.20. The van der Waals surface area contributed by atoms with E-state index in [1.165, 1.54) is 27.5 Å². The summed E-state index contributed by atoms with van der Waals surface area (Å²) in [5.41, 5.74) is 3.95. The maximum absolute atomic E-state index is 3.64. The van der Waals surface area contributed by atoms with Crippen LogP contribution in [0.5, 0.6) is 0 Å². The highest BCUT2D eigenvalue weighted by Crippen LogP contribution is 2.24. The molecule has 0 aliphatic rings. The van der Waals surface area contributed by atoms with E-state index in [4.69, 9.17) is 0 Å². The molecule has 1 N–H and O–H groups in total. The fourth-order valence-corrected chi connectivity index (χ4v) is 2.94. The Morgan fingerprint density at radius 1 is 0.917 bits per heavy atom. The van der Waals surface area contributed by atoms with Crippen LogP contribution in [0.4, 0.5) is 0 Å². The van der Waals surface area contributed by atoms with E-state index in [0.717, 1.165) is 6.54 Å². The fraction of sp³-hybridized carbons (Fsp3) is 0.182. The highest BCUT2D eigenvalue weighted by molar-refractivity contribution is 5.86. The summed E-state index contributed by atoms with van der Waals surface area (Å²) in [6, 6.07) is 25.9. The molecule has 0 heterocycles. The topological polar surface area (TPSA) is 12.0 Å². The van der Waals surface area contributed by atoms with E-state index in [9.17, 15) is 0 Å². The summed E-state index contributed by atoms with van der Waals surface area (Å²) in [6.45, 7) is 5.30. The number of rotatable bonds is 5. The van der Waals surface area contributed by atoms with Crippen LogP contribution in [0.3, 0.4) is 0 Å². The first-order valence-corrected chi connectivity index (χ1v) is 8.17. The third-order valence-corrected chi connectivity index (χ3v) is 4.19. The summed E-state index contributed by atoms with van der Waals surface area (Å²) < 4.78 is 0. The Morgan fingerprint density at radius 2 is 1.58 bits per heavy atom. The number of benzene rings is 3. The van der Waals surface area contributed by atoms with Crippen molar-refractivity contribution in [2.45, 2.75) is 19.9 Å². The van der Waals surface area contributed by atoms with Gasteiger partial charge in [0.2, 0.25) is 0 Å². The first-order valence-electron chi connectivity index (χ1n) is 8.17. The SMILES string of the molecule is C/C(=C\c1ccccc1)CNC(C)c1cccc2ccccc12.Cl. The van der Waals surface area contributed by atoms with Crippen LogP contribution in [-0.4, -0.2) is 6.54 Å². The molecule has 3 rings (SSSR count). The molecular formula is C22H24ClN. The van der Waals surface area contributed by atoms with E-state index in [1.54, 1.807) is 0 Å². The number of nitrogens with one attached hydrogen (secondary N) is 1.